The molecular weight excluding hydrogens is 416 g/mol. The Kier molecular flexibility index (Phi) is 6.90. The summed E-state index contributed by atoms with van der Waals surface area (Å²) in [6.45, 7) is 1.29. The molecule has 0 spiro atoms. The monoisotopic (exact) mass is 436 g/mol. The van der Waals surface area contributed by atoms with Crippen LogP contribution in [0.15, 0.2) is 41.8 Å². The predicted molar refractivity (Wildman–Crippen MR) is 118 cm³/mol. The van der Waals surface area contributed by atoms with Gasteiger partial charge < -0.3 is 18.9 Å². The Morgan fingerprint density at radius 2 is 1.81 bits per heavy atom. The predicted octanol–water partition coefficient (Wildman–Crippen LogP) is 4.83. The summed E-state index contributed by atoms with van der Waals surface area (Å²) in [5, 5.41) is 12.2. The smallest absolute Gasteiger partial charge is 0.308 e. The lowest BCUT2D eigenvalue weighted by molar-refractivity contribution is -0.132. The van der Waals surface area contributed by atoms with Gasteiger partial charge in [0, 0.05) is 17.9 Å². The van der Waals surface area contributed by atoms with Crippen molar-refractivity contribution in [1.82, 2.24) is 4.98 Å². The van der Waals surface area contributed by atoms with E-state index < -0.39 is 5.97 Å². The number of nitriles is 1. The number of methoxy groups -OCH3 is 3. The minimum absolute atomic E-state index is 0.183. The topological polar surface area (TPSA) is 90.7 Å². The molecule has 0 radical (unpaired) electrons. The van der Waals surface area contributed by atoms with Gasteiger partial charge in [-0.2, -0.15) is 5.26 Å². The first-order valence-corrected chi connectivity index (χ1v) is 10.0. The number of aromatic nitrogens is 1. The van der Waals surface area contributed by atoms with Gasteiger partial charge in [0.1, 0.15) is 16.8 Å². The first kappa shape index (κ1) is 21.9. The van der Waals surface area contributed by atoms with Gasteiger partial charge >= 0.3 is 5.97 Å². The summed E-state index contributed by atoms with van der Waals surface area (Å²) in [5.74, 6) is 1.05. The number of allylic oxidation sites excluding steroid dienone is 1. The second kappa shape index (κ2) is 9.78. The Hall–Kier alpha value is -3.83. The van der Waals surface area contributed by atoms with Gasteiger partial charge in [0.2, 0.25) is 5.75 Å². The second-order valence-electron chi connectivity index (χ2n) is 6.29. The number of hydrogen-bond donors (Lipinski definition) is 0. The van der Waals surface area contributed by atoms with Gasteiger partial charge in [0.05, 0.1) is 32.6 Å². The Bertz CT molecular complexity index is 1150. The van der Waals surface area contributed by atoms with Crippen molar-refractivity contribution in [3.05, 3.63) is 52.3 Å². The van der Waals surface area contributed by atoms with Crippen LogP contribution < -0.4 is 18.9 Å². The Morgan fingerprint density at radius 1 is 1.10 bits per heavy atom. The van der Waals surface area contributed by atoms with Crippen molar-refractivity contribution in [2.75, 3.05) is 21.3 Å². The van der Waals surface area contributed by atoms with Crippen LogP contribution in [0.4, 0.5) is 0 Å². The molecule has 31 heavy (non-hydrogen) atoms. The molecule has 7 nitrogen and oxygen atoms in total. The van der Waals surface area contributed by atoms with Gasteiger partial charge in [-0.15, -0.1) is 11.3 Å². The molecule has 3 rings (SSSR count). The molecule has 0 aliphatic rings. The van der Waals surface area contributed by atoms with E-state index >= 15 is 0 Å². The molecule has 0 saturated carbocycles. The summed E-state index contributed by atoms with van der Waals surface area (Å²) >= 11 is 1.37. The van der Waals surface area contributed by atoms with Crippen molar-refractivity contribution in [1.29, 1.82) is 5.26 Å². The molecule has 0 atom stereocenters. The van der Waals surface area contributed by atoms with E-state index in [2.05, 4.69) is 11.1 Å². The molecule has 1 aromatic heterocycles. The molecule has 158 valence electrons. The summed E-state index contributed by atoms with van der Waals surface area (Å²) in [6.07, 6.45) is 1.68. The van der Waals surface area contributed by atoms with Crippen LogP contribution in [0.5, 0.6) is 23.0 Å². The van der Waals surface area contributed by atoms with Crippen LogP contribution in [0.1, 0.15) is 17.5 Å². The standard InChI is InChI=1S/C23H20N2O5S/c1-14(26)30-22-20(28-3)9-15(10-21(22)29-4)8-17(12-24)23-25-19(13-31-23)16-6-5-7-18(11-16)27-2/h5-11,13H,1-4H3. The van der Waals surface area contributed by atoms with Crippen LogP contribution in [0.2, 0.25) is 0 Å². The average Bonchev–Trinajstić information content (AvgIpc) is 3.27. The first-order valence-electron chi connectivity index (χ1n) is 9.15. The van der Waals surface area contributed by atoms with Crippen molar-refractivity contribution < 1.29 is 23.7 Å². The van der Waals surface area contributed by atoms with Gasteiger partial charge in [0.25, 0.3) is 0 Å². The van der Waals surface area contributed by atoms with Crippen LogP contribution in [0, 0.1) is 11.3 Å². The lowest BCUT2D eigenvalue weighted by atomic mass is 10.1. The van der Waals surface area contributed by atoms with Crippen LogP contribution in [0.3, 0.4) is 0 Å². The fourth-order valence-corrected chi connectivity index (χ4v) is 3.64. The number of nitrogens with zero attached hydrogens (tertiary/aromatic N) is 2. The van der Waals surface area contributed by atoms with Crippen LogP contribution in [-0.4, -0.2) is 32.3 Å². The zero-order valence-corrected chi connectivity index (χ0v) is 18.3. The number of carbonyl (C=O) groups excluding carboxylic acids is 1. The van der Waals surface area contributed by atoms with E-state index in [4.69, 9.17) is 18.9 Å². The summed E-state index contributed by atoms with van der Waals surface area (Å²) in [5.41, 5.74) is 2.66. The fraction of sp³-hybridized carbons (Fsp3) is 0.174. The van der Waals surface area contributed by atoms with E-state index in [1.807, 2.05) is 29.6 Å². The molecule has 0 N–H and O–H groups in total. The number of thiazole rings is 1. The maximum absolute atomic E-state index is 11.4. The van der Waals surface area contributed by atoms with Crippen molar-refractivity contribution in [3.8, 4) is 40.3 Å². The van der Waals surface area contributed by atoms with E-state index in [1.165, 1.54) is 32.5 Å². The highest BCUT2D eigenvalue weighted by Gasteiger charge is 2.17. The molecule has 0 unspecified atom stereocenters. The third kappa shape index (κ3) is 5.02. The maximum Gasteiger partial charge on any atom is 0.308 e. The zero-order valence-electron chi connectivity index (χ0n) is 17.5. The summed E-state index contributed by atoms with van der Waals surface area (Å²) < 4.78 is 21.1. The van der Waals surface area contributed by atoms with Crippen molar-refractivity contribution in [2.45, 2.75) is 6.92 Å². The van der Waals surface area contributed by atoms with Gasteiger partial charge in [-0.05, 0) is 35.9 Å². The fourth-order valence-electron chi connectivity index (χ4n) is 2.85. The van der Waals surface area contributed by atoms with Crippen LogP contribution in [0.25, 0.3) is 22.9 Å². The summed E-state index contributed by atoms with van der Waals surface area (Å²) in [4.78, 5) is 16.0. The van der Waals surface area contributed by atoms with Crippen molar-refractivity contribution >= 4 is 29.0 Å². The van der Waals surface area contributed by atoms with E-state index in [9.17, 15) is 10.1 Å². The summed E-state index contributed by atoms with van der Waals surface area (Å²) in [6, 6.07) is 13.1. The third-order valence-corrected chi connectivity index (χ3v) is 5.14. The molecule has 0 bridgehead atoms. The largest absolute Gasteiger partial charge is 0.497 e. The molecule has 0 aliphatic heterocycles. The van der Waals surface area contributed by atoms with E-state index in [-0.39, 0.29) is 5.75 Å². The van der Waals surface area contributed by atoms with Crippen LogP contribution >= 0.6 is 11.3 Å². The summed E-state index contributed by atoms with van der Waals surface area (Å²) in [7, 11) is 4.53. The zero-order chi connectivity index (χ0) is 22.4. The van der Waals surface area contributed by atoms with E-state index in [0.717, 1.165) is 17.0 Å². The normalized spacial score (nSPS) is 10.9. The molecule has 3 aromatic rings. The Morgan fingerprint density at radius 3 is 2.39 bits per heavy atom. The lowest BCUT2D eigenvalue weighted by Crippen LogP contribution is -2.05. The third-order valence-electron chi connectivity index (χ3n) is 4.26. The van der Waals surface area contributed by atoms with Gasteiger partial charge in [-0.3, -0.25) is 4.79 Å². The van der Waals surface area contributed by atoms with Crippen LogP contribution in [-0.2, 0) is 4.79 Å². The second-order valence-corrected chi connectivity index (χ2v) is 7.15. The number of ether oxygens (including phenoxy) is 4. The highest BCUT2D eigenvalue weighted by atomic mass is 32.1. The molecule has 0 fully saturated rings. The van der Waals surface area contributed by atoms with E-state index in [0.29, 0.717) is 27.6 Å². The number of rotatable bonds is 7. The molecule has 0 aliphatic carbocycles. The molecule has 8 heteroatoms. The minimum atomic E-state index is -0.495. The molecule has 2 aromatic carbocycles. The minimum Gasteiger partial charge on any atom is -0.497 e. The SMILES string of the molecule is COc1cccc(-c2csc(C(C#N)=Cc3cc(OC)c(OC(C)=O)c(OC)c3)n2)c1. The molecular formula is C23H20N2O5S. The number of benzene rings is 2. The van der Waals surface area contributed by atoms with Crippen molar-refractivity contribution in [3.63, 3.8) is 0 Å². The number of carbonyl (C=O) groups is 1. The van der Waals surface area contributed by atoms with Gasteiger partial charge in [-0.1, -0.05) is 12.1 Å². The van der Waals surface area contributed by atoms with E-state index in [1.54, 1.807) is 25.3 Å². The first-order chi connectivity index (χ1) is 15.0. The van der Waals surface area contributed by atoms with Crippen molar-refractivity contribution in [2.24, 2.45) is 0 Å². The maximum atomic E-state index is 11.4. The quantitative estimate of drug-likeness (QED) is 0.298. The van der Waals surface area contributed by atoms with Gasteiger partial charge in [0.15, 0.2) is 11.5 Å². The Labute approximate surface area is 184 Å². The molecule has 1 heterocycles. The number of esters is 1. The molecule has 0 saturated heterocycles. The average molecular weight is 436 g/mol. The highest BCUT2D eigenvalue weighted by Crippen LogP contribution is 2.40. The molecule has 0 amide bonds. The highest BCUT2D eigenvalue weighted by molar-refractivity contribution is 7.11. The number of hydrogen-bond acceptors (Lipinski definition) is 8. The van der Waals surface area contributed by atoms with Gasteiger partial charge in [-0.25, -0.2) is 4.98 Å². The Balaban J connectivity index is 1.99. The lowest BCUT2D eigenvalue weighted by Gasteiger charge is -2.13.